The molecule has 0 aliphatic heterocycles. The molecule has 0 amide bonds. The average Bonchev–Trinajstić information content (AvgIpc) is 3.04. The van der Waals surface area contributed by atoms with Crippen LogP contribution in [-0.4, -0.2) is 29.7 Å². The summed E-state index contributed by atoms with van der Waals surface area (Å²) in [5, 5.41) is 7.16. The van der Waals surface area contributed by atoms with Gasteiger partial charge in [0.25, 0.3) is 0 Å². The van der Waals surface area contributed by atoms with Crippen molar-refractivity contribution < 1.29 is 0 Å². The SMILES string of the molecule is O=c1[nH]nc(Sc2nc(Cl)nc(Cl)n2)n1C1CC1. The first-order valence-corrected chi connectivity index (χ1v) is 6.62. The van der Waals surface area contributed by atoms with Gasteiger partial charge in [0.2, 0.25) is 15.7 Å². The van der Waals surface area contributed by atoms with E-state index >= 15 is 0 Å². The molecule has 0 saturated heterocycles. The summed E-state index contributed by atoms with van der Waals surface area (Å²) in [5.41, 5.74) is -0.230. The fraction of sp³-hybridized carbons (Fsp3) is 0.375. The van der Waals surface area contributed by atoms with Gasteiger partial charge in [-0.3, -0.25) is 4.57 Å². The fourth-order valence-electron chi connectivity index (χ4n) is 1.45. The summed E-state index contributed by atoms with van der Waals surface area (Å²) in [5.74, 6) is 0. The molecular formula is C8H6Cl2N6OS. The van der Waals surface area contributed by atoms with Gasteiger partial charge in [-0.05, 0) is 47.8 Å². The van der Waals surface area contributed by atoms with Crippen LogP contribution in [0.5, 0.6) is 0 Å². The molecule has 18 heavy (non-hydrogen) atoms. The van der Waals surface area contributed by atoms with Crippen molar-refractivity contribution in [2.24, 2.45) is 0 Å². The van der Waals surface area contributed by atoms with Crippen molar-refractivity contribution in [1.29, 1.82) is 0 Å². The Morgan fingerprint density at radius 2 is 1.89 bits per heavy atom. The smallest absolute Gasteiger partial charge is 0.267 e. The highest BCUT2D eigenvalue weighted by atomic mass is 35.5. The van der Waals surface area contributed by atoms with E-state index in [1.165, 1.54) is 0 Å². The normalized spacial score (nSPS) is 15.0. The van der Waals surface area contributed by atoms with Gasteiger partial charge >= 0.3 is 5.69 Å². The van der Waals surface area contributed by atoms with Gasteiger partial charge in [0.15, 0.2) is 5.16 Å². The molecule has 0 unspecified atom stereocenters. The van der Waals surface area contributed by atoms with Gasteiger partial charge < -0.3 is 0 Å². The summed E-state index contributed by atoms with van der Waals surface area (Å²) in [6, 6.07) is 0.214. The zero-order valence-corrected chi connectivity index (χ0v) is 11.1. The highest BCUT2D eigenvalue weighted by Gasteiger charge is 2.29. The van der Waals surface area contributed by atoms with Crippen molar-refractivity contribution >= 4 is 35.0 Å². The third kappa shape index (κ3) is 2.36. The Bertz CT molecular complexity index is 631. The molecule has 2 aromatic heterocycles. The van der Waals surface area contributed by atoms with E-state index in [1.807, 2.05) is 0 Å². The van der Waals surface area contributed by atoms with Gasteiger partial charge in [-0.25, -0.2) is 9.89 Å². The molecule has 2 heterocycles. The molecular weight excluding hydrogens is 299 g/mol. The summed E-state index contributed by atoms with van der Waals surface area (Å²) in [7, 11) is 0. The zero-order chi connectivity index (χ0) is 12.7. The van der Waals surface area contributed by atoms with E-state index in [-0.39, 0.29) is 22.3 Å². The van der Waals surface area contributed by atoms with Crippen LogP contribution in [-0.2, 0) is 0 Å². The van der Waals surface area contributed by atoms with Crippen molar-refractivity contribution in [2.75, 3.05) is 0 Å². The lowest BCUT2D eigenvalue weighted by molar-refractivity contribution is 0.641. The van der Waals surface area contributed by atoms with Crippen LogP contribution in [0.1, 0.15) is 18.9 Å². The van der Waals surface area contributed by atoms with E-state index in [0.717, 1.165) is 24.6 Å². The number of nitrogens with one attached hydrogen (secondary N) is 1. The molecule has 0 bridgehead atoms. The minimum absolute atomic E-state index is 0.00774. The molecule has 1 saturated carbocycles. The van der Waals surface area contributed by atoms with Crippen molar-refractivity contribution in [3.05, 3.63) is 21.1 Å². The largest absolute Gasteiger partial charge is 0.344 e. The Kier molecular flexibility index (Phi) is 3.00. The number of aromatic amines is 1. The number of aromatic nitrogens is 6. The quantitative estimate of drug-likeness (QED) is 0.925. The summed E-state index contributed by atoms with van der Waals surface area (Å²) in [4.78, 5) is 23.0. The lowest BCUT2D eigenvalue weighted by Gasteiger charge is -2.02. The maximum atomic E-state index is 11.6. The highest BCUT2D eigenvalue weighted by molar-refractivity contribution is 7.99. The molecule has 0 radical (unpaired) electrons. The number of hydrogen-bond donors (Lipinski definition) is 1. The lowest BCUT2D eigenvalue weighted by atomic mass is 10.7. The molecule has 0 spiro atoms. The Morgan fingerprint density at radius 3 is 2.50 bits per heavy atom. The molecule has 1 fully saturated rings. The van der Waals surface area contributed by atoms with Crippen molar-refractivity contribution in [3.8, 4) is 0 Å². The number of H-pyrrole nitrogens is 1. The van der Waals surface area contributed by atoms with Crippen LogP contribution in [0.4, 0.5) is 0 Å². The first-order chi connectivity index (χ1) is 8.63. The molecule has 1 aliphatic carbocycles. The minimum Gasteiger partial charge on any atom is -0.267 e. The van der Waals surface area contributed by atoms with Crippen LogP contribution in [0.2, 0.25) is 10.6 Å². The topological polar surface area (TPSA) is 89.3 Å². The highest BCUT2D eigenvalue weighted by Crippen LogP contribution is 2.37. The third-order valence-electron chi connectivity index (χ3n) is 2.33. The van der Waals surface area contributed by atoms with E-state index < -0.39 is 0 Å². The van der Waals surface area contributed by atoms with E-state index in [2.05, 4.69) is 25.1 Å². The monoisotopic (exact) mass is 304 g/mol. The van der Waals surface area contributed by atoms with Crippen molar-refractivity contribution in [3.63, 3.8) is 0 Å². The fourth-order valence-corrected chi connectivity index (χ4v) is 2.77. The lowest BCUT2D eigenvalue weighted by Crippen LogP contribution is -2.16. The Labute approximate surface area is 115 Å². The van der Waals surface area contributed by atoms with E-state index in [0.29, 0.717) is 10.3 Å². The Balaban J connectivity index is 1.94. The Morgan fingerprint density at radius 1 is 1.22 bits per heavy atom. The zero-order valence-electron chi connectivity index (χ0n) is 8.80. The van der Waals surface area contributed by atoms with Crippen LogP contribution in [0.3, 0.4) is 0 Å². The van der Waals surface area contributed by atoms with E-state index in [1.54, 1.807) is 4.57 Å². The number of nitrogens with zero attached hydrogens (tertiary/aromatic N) is 5. The third-order valence-corrected chi connectivity index (χ3v) is 3.50. The number of hydrogen-bond acceptors (Lipinski definition) is 6. The predicted molar refractivity (Wildman–Crippen MR) is 65.1 cm³/mol. The predicted octanol–water partition coefficient (Wildman–Crippen LogP) is 1.55. The second kappa shape index (κ2) is 4.52. The number of halogens is 2. The van der Waals surface area contributed by atoms with Crippen molar-refractivity contribution in [2.45, 2.75) is 29.2 Å². The van der Waals surface area contributed by atoms with Gasteiger partial charge in [-0.2, -0.15) is 15.0 Å². The standard InChI is InChI=1S/C8H6Cl2N6OS/c9-4-11-5(10)13-6(12-4)18-8-15-14-7(17)16(8)3-1-2-3/h3H,1-2H2,(H,14,17). The first kappa shape index (κ1) is 11.9. The van der Waals surface area contributed by atoms with Gasteiger partial charge in [0, 0.05) is 6.04 Å². The molecule has 94 valence electrons. The Hall–Kier alpha value is -1.12. The van der Waals surface area contributed by atoms with Gasteiger partial charge in [0.1, 0.15) is 0 Å². The summed E-state index contributed by atoms with van der Waals surface area (Å²) in [6.07, 6.45) is 1.96. The average molecular weight is 305 g/mol. The summed E-state index contributed by atoms with van der Waals surface area (Å²) < 4.78 is 1.59. The van der Waals surface area contributed by atoms with Gasteiger partial charge in [-0.1, -0.05) is 0 Å². The second-order valence-electron chi connectivity index (χ2n) is 3.67. The molecule has 0 atom stereocenters. The van der Waals surface area contributed by atoms with Crippen LogP contribution >= 0.6 is 35.0 Å². The molecule has 2 aromatic rings. The summed E-state index contributed by atoms with van der Waals surface area (Å²) >= 11 is 12.5. The minimum atomic E-state index is -0.230. The van der Waals surface area contributed by atoms with Crippen LogP contribution in [0.25, 0.3) is 0 Å². The summed E-state index contributed by atoms with van der Waals surface area (Å²) in [6.45, 7) is 0. The van der Waals surface area contributed by atoms with Gasteiger partial charge in [-0.15, -0.1) is 5.10 Å². The maximum Gasteiger partial charge on any atom is 0.344 e. The maximum absolute atomic E-state index is 11.6. The first-order valence-electron chi connectivity index (χ1n) is 5.05. The van der Waals surface area contributed by atoms with E-state index in [9.17, 15) is 4.79 Å². The van der Waals surface area contributed by atoms with Crippen molar-refractivity contribution in [1.82, 2.24) is 29.7 Å². The molecule has 0 aromatic carbocycles. The molecule has 3 rings (SSSR count). The van der Waals surface area contributed by atoms with E-state index in [4.69, 9.17) is 23.2 Å². The van der Waals surface area contributed by atoms with Crippen LogP contribution < -0.4 is 5.69 Å². The molecule has 10 heteroatoms. The number of rotatable bonds is 3. The molecule has 7 nitrogen and oxygen atoms in total. The molecule has 1 aliphatic rings. The van der Waals surface area contributed by atoms with Crippen LogP contribution in [0, 0.1) is 0 Å². The van der Waals surface area contributed by atoms with Gasteiger partial charge in [0.05, 0.1) is 0 Å². The molecule has 1 N–H and O–H groups in total. The van der Waals surface area contributed by atoms with Crippen LogP contribution in [0.15, 0.2) is 15.1 Å². The second-order valence-corrected chi connectivity index (χ2v) is 5.28.